The number of carbonyl (C=O) groups is 2. The molecule has 1 aliphatic heterocycles. The Morgan fingerprint density at radius 2 is 1.88 bits per heavy atom. The first kappa shape index (κ1) is 20.7. The fourth-order valence-electron chi connectivity index (χ4n) is 2.46. The number of esters is 1. The quantitative estimate of drug-likeness (QED) is 0.574. The summed E-state index contributed by atoms with van der Waals surface area (Å²) in [5.41, 5.74) is 0.666. The zero-order chi connectivity index (χ0) is 19.7. The number of rotatable bonds is 5. The molecule has 2 heterocycles. The summed E-state index contributed by atoms with van der Waals surface area (Å²) in [7, 11) is 2.38. The largest absolute Gasteiger partial charge is 0.491 e. The monoisotopic (exact) mass is 380 g/mol. The Morgan fingerprint density at radius 1 is 1.31 bits per heavy atom. The summed E-state index contributed by atoms with van der Waals surface area (Å²) in [4.78, 5) is 23.5. The Morgan fingerprint density at radius 3 is 2.38 bits per heavy atom. The molecule has 0 unspecified atom stereocenters. The van der Waals surface area contributed by atoms with E-state index in [-0.39, 0.29) is 5.12 Å². The summed E-state index contributed by atoms with van der Waals surface area (Å²) >= 11 is 1.16. The van der Waals surface area contributed by atoms with Crippen molar-refractivity contribution in [1.29, 1.82) is 0 Å². The molecule has 0 N–H and O–H groups in total. The van der Waals surface area contributed by atoms with Crippen LogP contribution >= 0.6 is 11.8 Å². The average Bonchev–Trinajstić information content (AvgIpc) is 2.99. The first-order valence-electron chi connectivity index (χ1n) is 8.28. The third-order valence-corrected chi connectivity index (χ3v) is 5.57. The van der Waals surface area contributed by atoms with Gasteiger partial charge in [0, 0.05) is 25.3 Å². The van der Waals surface area contributed by atoms with Gasteiger partial charge in [-0.25, -0.2) is 4.79 Å². The molecule has 0 aliphatic carbocycles. The number of hydrogen-bond donors (Lipinski definition) is 0. The van der Waals surface area contributed by atoms with E-state index >= 15 is 0 Å². The van der Waals surface area contributed by atoms with E-state index in [1.165, 1.54) is 18.7 Å². The van der Waals surface area contributed by atoms with Gasteiger partial charge in [-0.05, 0) is 33.2 Å². The third-order valence-electron chi connectivity index (χ3n) is 4.68. The normalized spacial score (nSPS) is 18.9. The van der Waals surface area contributed by atoms with Crippen LogP contribution in [0.25, 0.3) is 6.08 Å². The molecule has 0 radical (unpaired) electrons. The van der Waals surface area contributed by atoms with Crippen LogP contribution in [0.15, 0.2) is 11.7 Å². The molecule has 1 aromatic rings. The van der Waals surface area contributed by atoms with Gasteiger partial charge in [-0.2, -0.15) is 5.10 Å². The predicted octanol–water partition coefficient (Wildman–Crippen LogP) is 2.50. The van der Waals surface area contributed by atoms with Gasteiger partial charge in [-0.3, -0.25) is 9.48 Å². The second-order valence-electron chi connectivity index (χ2n) is 7.15. The smallest absolute Gasteiger partial charge is 0.464 e. The highest BCUT2D eigenvalue weighted by Gasteiger charge is 2.52. The zero-order valence-corrected chi connectivity index (χ0v) is 17.1. The van der Waals surface area contributed by atoms with Crippen molar-refractivity contribution in [3.63, 3.8) is 0 Å². The molecule has 1 saturated heterocycles. The number of aryl methyl sites for hydroxylation is 1. The molecule has 1 aromatic heterocycles. The van der Waals surface area contributed by atoms with E-state index in [0.29, 0.717) is 17.0 Å². The maximum absolute atomic E-state index is 12.1. The molecular formula is C17H25BN2O5S. The number of aromatic nitrogens is 2. The highest BCUT2D eigenvalue weighted by atomic mass is 32.2. The molecule has 1 fully saturated rings. The summed E-state index contributed by atoms with van der Waals surface area (Å²) in [5, 5.41) is 4.13. The van der Waals surface area contributed by atoms with Gasteiger partial charge >= 0.3 is 13.1 Å². The second-order valence-corrected chi connectivity index (χ2v) is 8.30. The second kappa shape index (κ2) is 7.58. The number of hydrogen-bond acceptors (Lipinski definition) is 7. The lowest BCUT2D eigenvalue weighted by atomic mass is 9.78. The van der Waals surface area contributed by atoms with Gasteiger partial charge in [0.05, 0.1) is 24.5 Å². The van der Waals surface area contributed by atoms with E-state index in [1.807, 2.05) is 27.7 Å². The molecule has 0 aromatic carbocycles. The average molecular weight is 380 g/mol. The predicted molar refractivity (Wildman–Crippen MR) is 102 cm³/mol. The Bertz CT molecular complexity index is 726. The van der Waals surface area contributed by atoms with E-state index in [9.17, 15) is 9.59 Å². The minimum absolute atomic E-state index is 0.00760. The van der Waals surface area contributed by atoms with Gasteiger partial charge in [0.15, 0.2) is 10.8 Å². The fraction of sp³-hybridized carbons (Fsp3) is 0.588. The zero-order valence-electron chi connectivity index (χ0n) is 16.3. The van der Waals surface area contributed by atoms with Gasteiger partial charge in [0.1, 0.15) is 0 Å². The Hall–Kier alpha value is -1.58. The number of methoxy groups -OCH3 is 1. The maximum atomic E-state index is 12.1. The van der Waals surface area contributed by atoms with Gasteiger partial charge in [0.25, 0.3) is 0 Å². The highest BCUT2D eigenvalue weighted by Crippen LogP contribution is 2.39. The molecule has 7 nitrogen and oxygen atoms in total. The molecule has 0 spiro atoms. The SMILES string of the molecule is COC(=O)c1c(C=C(CSC(C)=O)B2OC(C)(C)C(C)(C)O2)cnn1C. The van der Waals surface area contributed by atoms with Crippen LogP contribution in [-0.4, -0.2) is 52.0 Å². The summed E-state index contributed by atoms with van der Waals surface area (Å²) in [6.07, 6.45) is 3.37. The molecule has 26 heavy (non-hydrogen) atoms. The Kier molecular flexibility index (Phi) is 6.04. The summed E-state index contributed by atoms with van der Waals surface area (Å²) in [5.74, 6) is -0.0921. The number of ether oxygens (including phenoxy) is 1. The minimum atomic E-state index is -0.613. The fourth-order valence-corrected chi connectivity index (χ4v) is 3.05. The molecular weight excluding hydrogens is 355 g/mol. The van der Waals surface area contributed by atoms with E-state index in [0.717, 1.165) is 17.2 Å². The van der Waals surface area contributed by atoms with Crippen molar-refractivity contribution >= 4 is 36.0 Å². The van der Waals surface area contributed by atoms with Crippen LogP contribution < -0.4 is 0 Å². The van der Waals surface area contributed by atoms with E-state index in [1.54, 1.807) is 19.3 Å². The van der Waals surface area contributed by atoms with E-state index in [2.05, 4.69) is 5.10 Å². The van der Waals surface area contributed by atoms with Crippen molar-refractivity contribution in [3.05, 3.63) is 22.9 Å². The van der Waals surface area contributed by atoms with Crippen LogP contribution in [0.1, 0.15) is 50.7 Å². The standard InChI is InChI=1S/C17H25BN2O5S/c1-11(21)26-10-13(18-24-16(2,3)17(4,5)25-18)8-12-9-19-20(6)14(12)15(22)23-7/h8-9H,10H2,1-7H3. The molecule has 1 aliphatic rings. The molecule has 2 rings (SSSR count). The van der Waals surface area contributed by atoms with Gasteiger partial charge in [-0.15, -0.1) is 0 Å². The van der Waals surface area contributed by atoms with Crippen molar-refractivity contribution in [2.45, 2.75) is 45.8 Å². The summed E-state index contributed by atoms with van der Waals surface area (Å²) in [6, 6.07) is 0. The van der Waals surface area contributed by atoms with Crippen molar-refractivity contribution in [2.75, 3.05) is 12.9 Å². The van der Waals surface area contributed by atoms with Crippen LogP contribution in [0.3, 0.4) is 0 Å². The summed E-state index contributed by atoms with van der Waals surface area (Å²) < 4.78 is 18.5. The molecule has 0 bridgehead atoms. The van der Waals surface area contributed by atoms with Crippen molar-refractivity contribution in [1.82, 2.24) is 9.78 Å². The molecule has 0 saturated carbocycles. The van der Waals surface area contributed by atoms with Gasteiger partial charge in [-0.1, -0.05) is 17.8 Å². The Balaban J connectivity index is 2.42. The van der Waals surface area contributed by atoms with Crippen molar-refractivity contribution < 1.29 is 23.6 Å². The molecule has 0 atom stereocenters. The number of carbonyl (C=O) groups excluding carboxylic acids is 2. The molecule has 9 heteroatoms. The highest BCUT2D eigenvalue weighted by molar-refractivity contribution is 8.13. The topological polar surface area (TPSA) is 79.7 Å². The summed E-state index contributed by atoms with van der Waals surface area (Å²) in [6.45, 7) is 9.37. The van der Waals surface area contributed by atoms with Gasteiger partial charge in [0.2, 0.25) is 0 Å². The minimum Gasteiger partial charge on any atom is -0.464 e. The van der Waals surface area contributed by atoms with E-state index in [4.69, 9.17) is 14.0 Å². The van der Waals surface area contributed by atoms with Gasteiger partial charge < -0.3 is 14.0 Å². The van der Waals surface area contributed by atoms with Crippen LogP contribution in [-0.2, 0) is 25.9 Å². The van der Waals surface area contributed by atoms with Crippen LogP contribution in [0, 0.1) is 0 Å². The maximum Gasteiger partial charge on any atom is 0.491 e. The number of thioether (sulfide) groups is 1. The third kappa shape index (κ3) is 4.21. The molecule has 142 valence electrons. The van der Waals surface area contributed by atoms with Crippen LogP contribution in [0.2, 0.25) is 0 Å². The van der Waals surface area contributed by atoms with E-state index < -0.39 is 24.3 Å². The van der Waals surface area contributed by atoms with Crippen LogP contribution in [0.5, 0.6) is 0 Å². The first-order chi connectivity index (χ1) is 12.0. The molecule has 0 amide bonds. The van der Waals surface area contributed by atoms with Crippen molar-refractivity contribution in [2.24, 2.45) is 7.05 Å². The van der Waals surface area contributed by atoms with Crippen molar-refractivity contribution in [3.8, 4) is 0 Å². The van der Waals surface area contributed by atoms with Crippen LogP contribution in [0.4, 0.5) is 0 Å². The lowest BCUT2D eigenvalue weighted by Gasteiger charge is -2.32. The number of nitrogens with zero attached hydrogens (tertiary/aromatic N) is 2. The Labute approximate surface area is 158 Å². The lowest BCUT2D eigenvalue weighted by molar-refractivity contribution is -0.109. The lowest BCUT2D eigenvalue weighted by Crippen LogP contribution is -2.41. The first-order valence-corrected chi connectivity index (χ1v) is 9.27.